The predicted octanol–water partition coefficient (Wildman–Crippen LogP) is 4.07. The van der Waals surface area contributed by atoms with Crippen molar-refractivity contribution in [3.05, 3.63) is 71.0 Å². The quantitative estimate of drug-likeness (QED) is 0.773. The van der Waals surface area contributed by atoms with Gasteiger partial charge < -0.3 is 9.74 Å². The lowest BCUT2D eigenvalue weighted by molar-refractivity contribution is -0.135. The van der Waals surface area contributed by atoms with E-state index in [0.717, 1.165) is 24.1 Å². The smallest absolute Gasteiger partial charge is 0.226 e. The summed E-state index contributed by atoms with van der Waals surface area (Å²) in [4.78, 5) is 20.0. The van der Waals surface area contributed by atoms with Crippen molar-refractivity contribution in [2.24, 2.45) is 11.1 Å². The van der Waals surface area contributed by atoms with E-state index in [-0.39, 0.29) is 30.3 Å². The minimum absolute atomic E-state index is 0.0793. The van der Waals surface area contributed by atoms with Gasteiger partial charge in [-0.05, 0) is 31.4 Å². The van der Waals surface area contributed by atoms with E-state index in [0.29, 0.717) is 18.5 Å². The second-order valence-electron chi connectivity index (χ2n) is 7.42. The zero-order chi connectivity index (χ0) is 18.8. The standard InChI is InChI=1S/C22H23FN2O2/c1-15-6-8-16(9-7-15)21-12-19(27-24-21)14-25(22(26)17-10-11-17)13-18-4-2-3-5-20(18)23/h2-9,17,19H,10-14H2,1H3/t19-/m1/s1. The van der Waals surface area contributed by atoms with E-state index in [1.807, 2.05) is 31.2 Å². The number of nitrogens with zero attached hydrogens (tertiary/aromatic N) is 2. The molecule has 1 aliphatic carbocycles. The van der Waals surface area contributed by atoms with Gasteiger partial charge in [-0.25, -0.2) is 4.39 Å². The largest absolute Gasteiger partial charge is 0.390 e. The van der Waals surface area contributed by atoms with Crippen LogP contribution in [0.2, 0.25) is 0 Å². The number of carbonyl (C=O) groups excluding carboxylic acids is 1. The summed E-state index contributed by atoms with van der Waals surface area (Å²) < 4.78 is 14.1. The molecule has 0 radical (unpaired) electrons. The molecule has 4 nitrogen and oxygen atoms in total. The van der Waals surface area contributed by atoms with Gasteiger partial charge >= 0.3 is 0 Å². The van der Waals surface area contributed by atoms with Gasteiger partial charge in [-0.15, -0.1) is 0 Å². The Kier molecular flexibility index (Phi) is 4.92. The molecule has 0 saturated heterocycles. The molecule has 5 heteroatoms. The minimum Gasteiger partial charge on any atom is -0.390 e. The molecule has 1 aliphatic heterocycles. The van der Waals surface area contributed by atoms with Crippen LogP contribution in [0.3, 0.4) is 0 Å². The summed E-state index contributed by atoms with van der Waals surface area (Å²) in [5.41, 5.74) is 3.66. The topological polar surface area (TPSA) is 41.9 Å². The molecular formula is C22H23FN2O2. The number of benzene rings is 2. The Labute approximate surface area is 158 Å². The fourth-order valence-corrected chi connectivity index (χ4v) is 3.34. The number of oxime groups is 1. The van der Waals surface area contributed by atoms with Gasteiger partial charge in [-0.2, -0.15) is 0 Å². The first-order valence-corrected chi connectivity index (χ1v) is 9.42. The number of hydrogen-bond donors (Lipinski definition) is 0. The van der Waals surface area contributed by atoms with Crippen LogP contribution < -0.4 is 0 Å². The Balaban J connectivity index is 1.44. The summed E-state index contributed by atoms with van der Waals surface area (Å²) in [7, 11) is 0. The number of aryl methyl sites for hydroxylation is 1. The maximum atomic E-state index is 14.1. The van der Waals surface area contributed by atoms with E-state index in [2.05, 4.69) is 5.16 Å². The Morgan fingerprint density at radius 2 is 1.93 bits per heavy atom. The van der Waals surface area contributed by atoms with Crippen molar-refractivity contribution < 1.29 is 14.0 Å². The van der Waals surface area contributed by atoms with Gasteiger partial charge in [0.2, 0.25) is 5.91 Å². The summed E-state index contributed by atoms with van der Waals surface area (Å²) in [6, 6.07) is 14.8. The van der Waals surface area contributed by atoms with Crippen LogP contribution in [-0.4, -0.2) is 29.2 Å². The van der Waals surface area contributed by atoms with Gasteiger partial charge in [-0.1, -0.05) is 53.2 Å². The Bertz CT molecular complexity index is 859. The van der Waals surface area contributed by atoms with E-state index in [1.54, 1.807) is 23.1 Å². The van der Waals surface area contributed by atoms with Crippen LogP contribution in [0.5, 0.6) is 0 Å². The number of halogens is 1. The van der Waals surface area contributed by atoms with Crippen molar-refractivity contribution in [2.75, 3.05) is 6.54 Å². The SMILES string of the molecule is Cc1ccc(C2=NO[C@@H](CN(Cc3ccccc3F)C(=O)C3CC3)C2)cc1. The summed E-state index contributed by atoms with van der Waals surface area (Å²) in [5, 5.41) is 4.22. The zero-order valence-electron chi connectivity index (χ0n) is 15.4. The molecule has 2 aromatic carbocycles. The molecule has 1 fully saturated rings. The summed E-state index contributed by atoms with van der Waals surface area (Å²) >= 11 is 0. The second-order valence-corrected chi connectivity index (χ2v) is 7.42. The van der Waals surface area contributed by atoms with E-state index in [1.165, 1.54) is 11.6 Å². The molecular weight excluding hydrogens is 343 g/mol. The average molecular weight is 366 g/mol. The van der Waals surface area contributed by atoms with Crippen LogP contribution in [0, 0.1) is 18.7 Å². The van der Waals surface area contributed by atoms with Crippen LogP contribution in [0.4, 0.5) is 4.39 Å². The minimum atomic E-state index is -0.282. The van der Waals surface area contributed by atoms with Crippen LogP contribution in [0.1, 0.15) is 36.0 Å². The highest BCUT2D eigenvalue weighted by Crippen LogP contribution is 2.32. The lowest BCUT2D eigenvalue weighted by atomic mass is 10.0. The van der Waals surface area contributed by atoms with Crippen molar-refractivity contribution in [2.45, 2.75) is 38.8 Å². The fraction of sp³-hybridized carbons (Fsp3) is 0.364. The second kappa shape index (κ2) is 7.51. The molecule has 2 aromatic rings. The molecule has 1 saturated carbocycles. The molecule has 0 bridgehead atoms. The first-order valence-electron chi connectivity index (χ1n) is 9.42. The van der Waals surface area contributed by atoms with Gasteiger partial charge in [0.05, 0.1) is 12.3 Å². The van der Waals surface area contributed by atoms with E-state index in [4.69, 9.17) is 4.84 Å². The van der Waals surface area contributed by atoms with Crippen molar-refractivity contribution in [3.63, 3.8) is 0 Å². The molecule has 27 heavy (non-hydrogen) atoms. The highest BCUT2D eigenvalue weighted by atomic mass is 19.1. The third kappa shape index (κ3) is 4.18. The monoisotopic (exact) mass is 366 g/mol. The fourth-order valence-electron chi connectivity index (χ4n) is 3.34. The highest BCUT2D eigenvalue weighted by Gasteiger charge is 2.36. The van der Waals surface area contributed by atoms with Crippen molar-refractivity contribution in [3.8, 4) is 0 Å². The van der Waals surface area contributed by atoms with Gasteiger partial charge in [-0.3, -0.25) is 4.79 Å². The molecule has 1 heterocycles. The van der Waals surface area contributed by atoms with Crippen molar-refractivity contribution >= 4 is 11.6 Å². The number of rotatable bonds is 6. The molecule has 140 valence electrons. The summed E-state index contributed by atoms with van der Waals surface area (Å²) in [6.07, 6.45) is 2.29. The van der Waals surface area contributed by atoms with Crippen LogP contribution >= 0.6 is 0 Å². The molecule has 0 N–H and O–H groups in total. The normalized spacial score (nSPS) is 18.7. The molecule has 0 aromatic heterocycles. The van der Waals surface area contributed by atoms with Crippen molar-refractivity contribution in [1.82, 2.24) is 4.90 Å². The van der Waals surface area contributed by atoms with Gasteiger partial charge in [0, 0.05) is 24.4 Å². The number of carbonyl (C=O) groups is 1. The Morgan fingerprint density at radius 1 is 1.19 bits per heavy atom. The summed E-state index contributed by atoms with van der Waals surface area (Å²) in [5.74, 6) is -0.115. The molecule has 1 amide bonds. The van der Waals surface area contributed by atoms with Crippen LogP contribution in [-0.2, 0) is 16.2 Å². The molecule has 4 rings (SSSR count). The van der Waals surface area contributed by atoms with Crippen molar-refractivity contribution in [1.29, 1.82) is 0 Å². The van der Waals surface area contributed by atoms with Crippen LogP contribution in [0.25, 0.3) is 0 Å². The van der Waals surface area contributed by atoms with Gasteiger partial charge in [0.1, 0.15) is 5.82 Å². The predicted molar refractivity (Wildman–Crippen MR) is 102 cm³/mol. The maximum Gasteiger partial charge on any atom is 0.226 e. The maximum absolute atomic E-state index is 14.1. The van der Waals surface area contributed by atoms with Crippen LogP contribution in [0.15, 0.2) is 53.7 Å². The van der Waals surface area contributed by atoms with Gasteiger partial charge in [0.25, 0.3) is 0 Å². The first kappa shape index (κ1) is 17.7. The summed E-state index contributed by atoms with van der Waals surface area (Å²) in [6.45, 7) is 2.73. The van der Waals surface area contributed by atoms with Gasteiger partial charge in [0.15, 0.2) is 6.10 Å². The zero-order valence-corrected chi connectivity index (χ0v) is 15.4. The molecule has 0 unspecified atom stereocenters. The third-order valence-corrected chi connectivity index (χ3v) is 5.10. The molecule has 1 atom stereocenters. The Morgan fingerprint density at radius 3 is 2.63 bits per heavy atom. The van der Waals surface area contributed by atoms with E-state index >= 15 is 0 Å². The highest BCUT2D eigenvalue weighted by molar-refractivity contribution is 6.01. The van der Waals surface area contributed by atoms with E-state index < -0.39 is 0 Å². The first-order chi connectivity index (χ1) is 13.1. The third-order valence-electron chi connectivity index (χ3n) is 5.10. The Hall–Kier alpha value is -2.69. The molecule has 2 aliphatic rings. The lowest BCUT2D eigenvalue weighted by Gasteiger charge is -2.25. The average Bonchev–Trinajstić information content (AvgIpc) is 3.42. The lowest BCUT2D eigenvalue weighted by Crippen LogP contribution is -2.38. The number of hydrogen-bond acceptors (Lipinski definition) is 3. The molecule has 0 spiro atoms. The van der Waals surface area contributed by atoms with E-state index in [9.17, 15) is 9.18 Å². The number of amides is 1.